The van der Waals surface area contributed by atoms with E-state index in [4.69, 9.17) is 14.9 Å². The van der Waals surface area contributed by atoms with Gasteiger partial charge in [0, 0.05) is 35.0 Å². The molecule has 7 nitrogen and oxygen atoms in total. The van der Waals surface area contributed by atoms with Crippen LogP contribution in [0, 0.1) is 3.57 Å². The fraction of sp³-hybridized carbons (Fsp3) is 0.250. The summed E-state index contributed by atoms with van der Waals surface area (Å²) in [6.45, 7) is 2.59. The number of hydrogen-bond donors (Lipinski definition) is 3. The maximum atomic E-state index is 9.55. The van der Waals surface area contributed by atoms with Gasteiger partial charge in [-0.3, -0.25) is 0 Å². The van der Waals surface area contributed by atoms with Gasteiger partial charge in [-0.15, -0.1) is 0 Å². The van der Waals surface area contributed by atoms with Gasteiger partial charge in [-0.1, -0.05) is 42.1 Å². The van der Waals surface area contributed by atoms with Gasteiger partial charge in [-0.2, -0.15) is 0 Å². The summed E-state index contributed by atoms with van der Waals surface area (Å²) in [7, 11) is 0. The standard InChI is InChI=1S/C16H17IN2OS.C4H4O4/c17-13-7-4-8-19-16(13)21-15(12-5-2-1-3-6-12)14-11-18-9-10-20-14;5-3(6)1-2-4(7)8/h1-8,14-15,18H,9-11H2;1-2H,(H,5,6)(H,7,8)/b;2-1+/t14-,15-;/m0./s1. The number of nitrogens with one attached hydrogen (secondary N) is 1. The third-order valence-electron chi connectivity index (χ3n) is 3.75. The Morgan fingerprint density at radius 2 is 1.86 bits per heavy atom. The number of rotatable bonds is 6. The molecule has 0 saturated carbocycles. The number of benzene rings is 1. The third kappa shape index (κ3) is 8.52. The number of nitrogens with zero attached hydrogens (tertiary/aromatic N) is 1. The lowest BCUT2D eigenvalue weighted by atomic mass is 10.1. The molecule has 2 aromatic rings. The molecule has 1 aliphatic rings. The molecule has 9 heteroatoms. The maximum Gasteiger partial charge on any atom is 0.328 e. The second-order valence-corrected chi connectivity index (χ2v) is 8.16. The Hall–Kier alpha value is -1.95. The van der Waals surface area contributed by atoms with Crippen molar-refractivity contribution in [2.24, 2.45) is 0 Å². The van der Waals surface area contributed by atoms with Crippen molar-refractivity contribution in [2.45, 2.75) is 16.4 Å². The van der Waals surface area contributed by atoms with Crippen molar-refractivity contribution in [3.8, 4) is 0 Å². The summed E-state index contributed by atoms with van der Waals surface area (Å²) in [5.41, 5.74) is 1.29. The fourth-order valence-corrected chi connectivity index (χ4v) is 4.39. The van der Waals surface area contributed by atoms with Crippen LogP contribution in [0.2, 0.25) is 0 Å². The molecule has 1 aromatic carbocycles. The zero-order valence-corrected chi connectivity index (χ0v) is 18.4. The Morgan fingerprint density at radius 1 is 1.17 bits per heavy atom. The highest BCUT2D eigenvalue weighted by Gasteiger charge is 2.27. The van der Waals surface area contributed by atoms with Gasteiger partial charge in [-0.25, -0.2) is 14.6 Å². The fourth-order valence-electron chi connectivity index (χ4n) is 2.50. The molecule has 0 spiro atoms. The number of hydrogen-bond acceptors (Lipinski definition) is 6. The first-order valence-corrected chi connectivity index (χ1v) is 10.7. The van der Waals surface area contributed by atoms with Crippen LogP contribution in [0.25, 0.3) is 0 Å². The molecule has 3 rings (SSSR count). The molecular weight excluding hydrogens is 507 g/mol. The van der Waals surface area contributed by atoms with Gasteiger partial charge in [0.15, 0.2) is 0 Å². The van der Waals surface area contributed by atoms with E-state index in [0.29, 0.717) is 12.2 Å². The van der Waals surface area contributed by atoms with Gasteiger partial charge < -0.3 is 20.3 Å². The molecule has 1 aromatic heterocycles. The predicted octanol–water partition coefficient (Wildman–Crippen LogP) is 3.22. The van der Waals surface area contributed by atoms with Crippen molar-refractivity contribution in [3.63, 3.8) is 0 Å². The Balaban J connectivity index is 0.000000321. The topological polar surface area (TPSA) is 109 Å². The van der Waals surface area contributed by atoms with Crippen molar-refractivity contribution in [1.82, 2.24) is 10.3 Å². The van der Waals surface area contributed by atoms with E-state index in [1.165, 1.54) is 9.13 Å². The average Bonchev–Trinajstić information content (AvgIpc) is 2.73. The summed E-state index contributed by atoms with van der Waals surface area (Å²) >= 11 is 4.14. The first-order chi connectivity index (χ1) is 14.0. The van der Waals surface area contributed by atoms with Gasteiger partial charge in [0.2, 0.25) is 0 Å². The molecule has 3 N–H and O–H groups in total. The molecule has 29 heavy (non-hydrogen) atoms. The lowest BCUT2D eigenvalue weighted by Gasteiger charge is -2.31. The SMILES string of the molecule is Ic1cccnc1S[C@@H](c1ccccc1)[C@@H]1CNCCO1.O=C(O)/C=C/C(=O)O. The largest absolute Gasteiger partial charge is 0.478 e. The molecule has 0 unspecified atom stereocenters. The highest BCUT2D eigenvalue weighted by molar-refractivity contribution is 14.1. The maximum absolute atomic E-state index is 9.55. The van der Waals surface area contributed by atoms with Crippen LogP contribution in [-0.2, 0) is 14.3 Å². The summed E-state index contributed by atoms with van der Waals surface area (Å²) in [6.07, 6.45) is 3.14. The summed E-state index contributed by atoms with van der Waals surface area (Å²) < 4.78 is 7.18. The summed E-state index contributed by atoms with van der Waals surface area (Å²) in [4.78, 5) is 23.6. The Bertz CT molecular complexity index is 813. The lowest BCUT2D eigenvalue weighted by molar-refractivity contribution is -0.134. The normalized spacial score (nSPS) is 17.2. The quantitative estimate of drug-likeness (QED) is 0.298. The van der Waals surface area contributed by atoms with E-state index >= 15 is 0 Å². The number of carboxylic acids is 2. The van der Waals surface area contributed by atoms with E-state index in [-0.39, 0.29) is 11.4 Å². The monoisotopic (exact) mass is 528 g/mol. The number of aromatic nitrogens is 1. The first-order valence-electron chi connectivity index (χ1n) is 8.75. The second-order valence-electron chi connectivity index (χ2n) is 5.86. The highest BCUT2D eigenvalue weighted by atomic mass is 127. The van der Waals surface area contributed by atoms with Crippen LogP contribution >= 0.6 is 34.4 Å². The van der Waals surface area contributed by atoms with E-state index in [9.17, 15) is 9.59 Å². The molecule has 0 aliphatic carbocycles. The third-order valence-corrected chi connectivity index (χ3v) is 6.37. The summed E-state index contributed by atoms with van der Waals surface area (Å²) in [5, 5.41) is 20.4. The summed E-state index contributed by atoms with van der Waals surface area (Å²) in [5.74, 6) is -2.51. The molecule has 1 fully saturated rings. The minimum Gasteiger partial charge on any atom is -0.478 e. The van der Waals surface area contributed by atoms with E-state index in [2.05, 4.69) is 69.3 Å². The molecule has 0 amide bonds. The highest BCUT2D eigenvalue weighted by Crippen LogP contribution is 2.39. The number of aliphatic carboxylic acids is 2. The first kappa shape index (κ1) is 23.3. The van der Waals surface area contributed by atoms with E-state index in [1.54, 1.807) is 11.8 Å². The number of carbonyl (C=O) groups is 2. The average molecular weight is 528 g/mol. The van der Waals surface area contributed by atoms with Crippen LogP contribution in [0.15, 0.2) is 65.8 Å². The molecule has 0 radical (unpaired) electrons. The van der Waals surface area contributed by atoms with Gasteiger partial charge in [0.25, 0.3) is 0 Å². The van der Waals surface area contributed by atoms with Crippen LogP contribution in [0.4, 0.5) is 0 Å². The van der Waals surface area contributed by atoms with E-state index in [0.717, 1.165) is 24.7 Å². The number of morpholine rings is 1. The minimum absolute atomic E-state index is 0.170. The van der Waals surface area contributed by atoms with Crippen LogP contribution in [0.1, 0.15) is 10.8 Å². The molecule has 154 valence electrons. The van der Waals surface area contributed by atoms with Crippen molar-refractivity contribution in [2.75, 3.05) is 19.7 Å². The van der Waals surface area contributed by atoms with Crippen LogP contribution < -0.4 is 5.32 Å². The zero-order valence-electron chi connectivity index (χ0n) is 15.4. The number of carboxylic acid groups (broad SMARTS) is 2. The minimum atomic E-state index is -1.26. The molecule has 1 aliphatic heterocycles. The molecule has 2 heterocycles. The van der Waals surface area contributed by atoms with Crippen molar-refractivity contribution >= 4 is 46.3 Å². The van der Waals surface area contributed by atoms with E-state index < -0.39 is 11.9 Å². The smallest absolute Gasteiger partial charge is 0.328 e. The molecule has 1 saturated heterocycles. The second kappa shape index (κ2) is 12.6. The lowest BCUT2D eigenvalue weighted by Crippen LogP contribution is -2.41. The van der Waals surface area contributed by atoms with E-state index in [1.807, 2.05) is 12.3 Å². The predicted molar refractivity (Wildman–Crippen MR) is 119 cm³/mol. The van der Waals surface area contributed by atoms with Crippen LogP contribution in [0.5, 0.6) is 0 Å². The van der Waals surface area contributed by atoms with Crippen molar-refractivity contribution in [3.05, 3.63) is 69.9 Å². The molecule has 2 atom stereocenters. The molecular formula is C20H21IN2O5S. The van der Waals surface area contributed by atoms with Gasteiger partial charge >= 0.3 is 11.9 Å². The number of halogens is 1. The summed E-state index contributed by atoms with van der Waals surface area (Å²) in [6, 6.07) is 14.6. The van der Waals surface area contributed by atoms with Crippen LogP contribution in [0.3, 0.4) is 0 Å². The Kier molecular flexibility index (Phi) is 10.1. The van der Waals surface area contributed by atoms with Crippen molar-refractivity contribution in [1.29, 1.82) is 0 Å². The van der Waals surface area contributed by atoms with Crippen LogP contribution in [-0.4, -0.2) is 52.9 Å². The number of pyridine rings is 1. The van der Waals surface area contributed by atoms with Crippen molar-refractivity contribution < 1.29 is 24.5 Å². The number of thioether (sulfide) groups is 1. The number of ether oxygens (including phenoxy) is 1. The van der Waals surface area contributed by atoms with Gasteiger partial charge in [-0.05, 0) is 40.3 Å². The molecule has 0 bridgehead atoms. The zero-order chi connectivity index (χ0) is 21.1. The Morgan fingerprint density at radius 3 is 2.41 bits per heavy atom. The Labute approximate surface area is 186 Å². The van der Waals surface area contributed by atoms with Gasteiger partial charge in [0.05, 0.1) is 18.0 Å². The van der Waals surface area contributed by atoms with Gasteiger partial charge in [0.1, 0.15) is 5.03 Å².